The van der Waals surface area contributed by atoms with Gasteiger partial charge in [0.15, 0.2) is 0 Å². The molecule has 0 fully saturated rings. The van der Waals surface area contributed by atoms with Crippen LogP contribution < -0.4 is 15.8 Å². The predicted molar refractivity (Wildman–Crippen MR) is 82.3 cm³/mol. The number of anilines is 1. The first-order valence-electron chi connectivity index (χ1n) is 7.11. The second kappa shape index (κ2) is 8.14. The molecule has 1 rings (SSSR count). The highest BCUT2D eigenvalue weighted by Crippen LogP contribution is 2.23. The van der Waals surface area contributed by atoms with Crippen LogP contribution in [0.4, 0.5) is 5.69 Å². The van der Waals surface area contributed by atoms with Crippen molar-refractivity contribution in [2.75, 3.05) is 32.0 Å². The van der Waals surface area contributed by atoms with E-state index >= 15 is 0 Å². The molecular formula is C15H23N3O3. The van der Waals surface area contributed by atoms with E-state index < -0.39 is 0 Å². The smallest absolute Gasteiger partial charge is 0.254 e. The Labute approximate surface area is 125 Å². The number of nitrogens with zero attached hydrogens (tertiary/aromatic N) is 1. The second-order valence-electron chi connectivity index (χ2n) is 4.46. The van der Waals surface area contributed by atoms with Gasteiger partial charge in [-0.2, -0.15) is 0 Å². The van der Waals surface area contributed by atoms with Crippen LogP contribution >= 0.6 is 0 Å². The normalized spacial score (nSPS) is 10.0. The SMILES string of the molecule is CCNC(=O)CN(CC)C(=O)c1ccc(OCC)c(N)c1. The fourth-order valence-electron chi connectivity index (χ4n) is 1.90. The van der Waals surface area contributed by atoms with Gasteiger partial charge in [-0.05, 0) is 39.0 Å². The van der Waals surface area contributed by atoms with Gasteiger partial charge in [0.1, 0.15) is 5.75 Å². The number of carbonyl (C=O) groups is 2. The second-order valence-corrected chi connectivity index (χ2v) is 4.46. The fraction of sp³-hybridized carbons (Fsp3) is 0.467. The van der Waals surface area contributed by atoms with E-state index in [-0.39, 0.29) is 18.4 Å². The number of benzene rings is 1. The third-order valence-electron chi connectivity index (χ3n) is 2.93. The lowest BCUT2D eigenvalue weighted by Crippen LogP contribution is -2.40. The maximum Gasteiger partial charge on any atom is 0.254 e. The molecule has 6 heteroatoms. The quantitative estimate of drug-likeness (QED) is 0.741. The molecule has 0 atom stereocenters. The molecule has 0 aliphatic rings. The molecule has 0 saturated carbocycles. The van der Waals surface area contributed by atoms with E-state index in [1.807, 2.05) is 20.8 Å². The van der Waals surface area contributed by atoms with E-state index in [1.165, 1.54) is 4.90 Å². The topological polar surface area (TPSA) is 84.7 Å². The van der Waals surface area contributed by atoms with Crippen LogP contribution in [0.25, 0.3) is 0 Å². The van der Waals surface area contributed by atoms with Crippen LogP contribution in [0.1, 0.15) is 31.1 Å². The molecule has 0 aliphatic carbocycles. The van der Waals surface area contributed by atoms with Gasteiger partial charge < -0.3 is 20.7 Å². The van der Waals surface area contributed by atoms with Crippen molar-refractivity contribution in [1.82, 2.24) is 10.2 Å². The minimum absolute atomic E-state index is 0.0380. The van der Waals surface area contributed by atoms with Crippen LogP contribution in [0.5, 0.6) is 5.75 Å². The zero-order valence-electron chi connectivity index (χ0n) is 12.8. The monoisotopic (exact) mass is 293 g/mol. The molecule has 21 heavy (non-hydrogen) atoms. The highest BCUT2D eigenvalue weighted by molar-refractivity contribution is 5.97. The van der Waals surface area contributed by atoms with Crippen molar-refractivity contribution >= 4 is 17.5 Å². The molecule has 0 radical (unpaired) electrons. The average Bonchev–Trinajstić information content (AvgIpc) is 2.46. The average molecular weight is 293 g/mol. The maximum absolute atomic E-state index is 12.4. The molecule has 0 aliphatic heterocycles. The Morgan fingerprint density at radius 1 is 1.29 bits per heavy atom. The van der Waals surface area contributed by atoms with Crippen LogP contribution in [0, 0.1) is 0 Å². The van der Waals surface area contributed by atoms with Crippen LogP contribution in [-0.4, -0.2) is 43.0 Å². The number of hydrogen-bond donors (Lipinski definition) is 2. The number of nitrogens with one attached hydrogen (secondary N) is 1. The van der Waals surface area contributed by atoms with Crippen molar-refractivity contribution < 1.29 is 14.3 Å². The van der Waals surface area contributed by atoms with E-state index in [2.05, 4.69) is 5.32 Å². The first-order chi connectivity index (χ1) is 10.0. The van der Waals surface area contributed by atoms with Gasteiger partial charge in [-0.15, -0.1) is 0 Å². The molecule has 0 spiro atoms. The third-order valence-corrected chi connectivity index (χ3v) is 2.93. The van der Waals surface area contributed by atoms with Gasteiger partial charge in [0.25, 0.3) is 5.91 Å². The van der Waals surface area contributed by atoms with Gasteiger partial charge in [-0.1, -0.05) is 0 Å². The summed E-state index contributed by atoms with van der Waals surface area (Å²) in [6.45, 7) is 7.07. The zero-order chi connectivity index (χ0) is 15.8. The van der Waals surface area contributed by atoms with Crippen molar-refractivity contribution in [3.05, 3.63) is 23.8 Å². The summed E-state index contributed by atoms with van der Waals surface area (Å²) in [5.74, 6) is 0.158. The Morgan fingerprint density at radius 3 is 2.52 bits per heavy atom. The molecule has 0 aromatic heterocycles. The minimum atomic E-state index is -0.224. The lowest BCUT2D eigenvalue weighted by molar-refractivity contribution is -0.121. The van der Waals surface area contributed by atoms with E-state index in [0.717, 1.165) is 0 Å². The molecule has 1 aromatic rings. The number of hydrogen-bond acceptors (Lipinski definition) is 4. The van der Waals surface area contributed by atoms with Crippen molar-refractivity contribution in [3.63, 3.8) is 0 Å². The van der Waals surface area contributed by atoms with Gasteiger partial charge in [-0.25, -0.2) is 0 Å². The van der Waals surface area contributed by atoms with Gasteiger partial charge in [-0.3, -0.25) is 9.59 Å². The summed E-state index contributed by atoms with van der Waals surface area (Å²) >= 11 is 0. The first kappa shape index (κ1) is 16.8. The van der Waals surface area contributed by atoms with Crippen molar-refractivity contribution in [2.45, 2.75) is 20.8 Å². The van der Waals surface area contributed by atoms with E-state index in [1.54, 1.807) is 18.2 Å². The Hall–Kier alpha value is -2.24. The molecule has 0 bridgehead atoms. The number of amides is 2. The number of ether oxygens (including phenoxy) is 1. The lowest BCUT2D eigenvalue weighted by atomic mass is 10.1. The molecule has 0 unspecified atom stereocenters. The van der Waals surface area contributed by atoms with Gasteiger partial charge >= 0.3 is 0 Å². The first-order valence-corrected chi connectivity index (χ1v) is 7.11. The number of nitrogen functional groups attached to an aromatic ring is 1. The predicted octanol–water partition coefficient (Wildman–Crippen LogP) is 1.27. The summed E-state index contributed by atoms with van der Waals surface area (Å²) in [5, 5.41) is 2.68. The molecule has 116 valence electrons. The summed E-state index contributed by atoms with van der Waals surface area (Å²) in [5.41, 5.74) is 6.72. The van der Waals surface area contributed by atoms with Crippen molar-refractivity contribution in [2.24, 2.45) is 0 Å². The molecular weight excluding hydrogens is 270 g/mol. The van der Waals surface area contributed by atoms with Crippen molar-refractivity contribution in [1.29, 1.82) is 0 Å². The standard InChI is InChI=1S/C15H23N3O3/c1-4-17-14(19)10-18(5-2)15(20)11-7-8-13(21-6-3)12(16)9-11/h7-9H,4-6,10,16H2,1-3H3,(H,17,19). The molecule has 0 heterocycles. The van der Waals surface area contributed by atoms with Crippen LogP contribution in [0.2, 0.25) is 0 Å². The molecule has 1 aromatic carbocycles. The molecule has 0 saturated heterocycles. The van der Waals surface area contributed by atoms with Gasteiger partial charge in [0.2, 0.25) is 5.91 Å². The summed E-state index contributed by atoms with van der Waals surface area (Å²) in [6, 6.07) is 4.91. The summed E-state index contributed by atoms with van der Waals surface area (Å²) < 4.78 is 5.34. The van der Waals surface area contributed by atoms with Crippen LogP contribution in [0.3, 0.4) is 0 Å². The number of carbonyl (C=O) groups excluding carboxylic acids is 2. The maximum atomic E-state index is 12.4. The van der Waals surface area contributed by atoms with Gasteiger partial charge in [0, 0.05) is 18.7 Å². The molecule has 3 N–H and O–H groups in total. The Balaban J connectivity index is 2.85. The van der Waals surface area contributed by atoms with E-state index in [0.29, 0.717) is 36.7 Å². The largest absolute Gasteiger partial charge is 0.492 e. The van der Waals surface area contributed by atoms with E-state index in [4.69, 9.17) is 10.5 Å². The number of nitrogens with two attached hydrogens (primary N) is 1. The zero-order valence-corrected chi connectivity index (χ0v) is 12.8. The minimum Gasteiger partial charge on any atom is -0.492 e. The summed E-state index contributed by atoms with van der Waals surface area (Å²) in [7, 11) is 0. The highest BCUT2D eigenvalue weighted by atomic mass is 16.5. The Morgan fingerprint density at radius 2 is 2.00 bits per heavy atom. The number of rotatable bonds is 7. The van der Waals surface area contributed by atoms with Gasteiger partial charge in [0.05, 0.1) is 18.8 Å². The molecule has 6 nitrogen and oxygen atoms in total. The van der Waals surface area contributed by atoms with Crippen LogP contribution in [0.15, 0.2) is 18.2 Å². The van der Waals surface area contributed by atoms with Crippen LogP contribution in [-0.2, 0) is 4.79 Å². The highest BCUT2D eigenvalue weighted by Gasteiger charge is 2.18. The Kier molecular flexibility index (Phi) is 6.52. The number of likely N-dealkylation sites (N-methyl/N-ethyl adjacent to an activating group) is 2. The third kappa shape index (κ3) is 4.66. The summed E-state index contributed by atoms with van der Waals surface area (Å²) in [6.07, 6.45) is 0. The molecule has 2 amide bonds. The van der Waals surface area contributed by atoms with E-state index in [9.17, 15) is 9.59 Å². The Bertz CT molecular complexity index is 503. The van der Waals surface area contributed by atoms with Crippen molar-refractivity contribution in [3.8, 4) is 5.75 Å². The summed E-state index contributed by atoms with van der Waals surface area (Å²) in [4.78, 5) is 25.5. The fourth-order valence-corrected chi connectivity index (χ4v) is 1.90. The lowest BCUT2D eigenvalue weighted by Gasteiger charge is -2.20.